The van der Waals surface area contributed by atoms with E-state index in [1.807, 2.05) is 24.3 Å². The summed E-state index contributed by atoms with van der Waals surface area (Å²) in [7, 11) is 0. The molecule has 0 aromatic heterocycles. The molecule has 0 spiro atoms. The molecule has 178 valence electrons. The lowest BCUT2D eigenvalue weighted by Crippen LogP contribution is -2.32. The van der Waals surface area contributed by atoms with Gasteiger partial charge in [-0.25, -0.2) is 4.79 Å². The molecule has 0 bridgehead atoms. The molecule has 2 amide bonds. The summed E-state index contributed by atoms with van der Waals surface area (Å²) in [4.78, 5) is 35.0. The highest BCUT2D eigenvalue weighted by Crippen LogP contribution is 2.44. The first kappa shape index (κ1) is 23.8. The number of carbonyl (C=O) groups excluding carboxylic acids is 2. The summed E-state index contributed by atoms with van der Waals surface area (Å²) in [6.07, 6.45) is 2.27. The lowest BCUT2D eigenvalue weighted by Gasteiger charge is -2.14. The number of hydrogen-bond donors (Lipinski definition) is 3. The number of nitrogens with one attached hydrogen (secondary N) is 2. The average molecular weight is 471 g/mol. The number of rotatable bonds is 8. The van der Waals surface area contributed by atoms with Gasteiger partial charge in [-0.3, -0.25) is 14.9 Å². The molecule has 7 heteroatoms. The van der Waals surface area contributed by atoms with Gasteiger partial charge in [-0.05, 0) is 52.9 Å². The van der Waals surface area contributed by atoms with E-state index in [9.17, 15) is 14.4 Å². The molecule has 0 unspecified atom stereocenters. The van der Waals surface area contributed by atoms with Crippen LogP contribution in [0.4, 0.5) is 10.5 Å². The minimum Gasteiger partial charge on any atom is -0.481 e. The van der Waals surface area contributed by atoms with Gasteiger partial charge in [-0.1, -0.05) is 60.7 Å². The van der Waals surface area contributed by atoms with Crippen molar-refractivity contribution in [3.63, 3.8) is 0 Å². The molecule has 0 saturated carbocycles. The molecule has 0 aliphatic heterocycles. The van der Waals surface area contributed by atoms with Crippen molar-refractivity contribution in [2.75, 3.05) is 11.9 Å². The highest BCUT2D eigenvalue weighted by Gasteiger charge is 2.29. The summed E-state index contributed by atoms with van der Waals surface area (Å²) in [5.74, 6) is -1.36. The summed E-state index contributed by atoms with van der Waals surface area (Å²) < 4.78 is 5.56. The van der Waals surface area contributed by atoms with Gasteiger partial charge < -0.3 is 15.2 Å². The second kappa shape index (κ2) is 10.7. The Labute approximate surface area is 203 Å². The van der Waals surface area contributed by atoms with Crippen molar-refractivity contribution in [2.45, 2.75) is 25.3 Å². The fraction of sp³-hybridized carbons (Fsp3) is 0.179. The summed E-state index contributed by atoms with van der Waals surface area (Å²) in [6, 6.07) is 22.8. The standard InChI is InChI=1S/C28H26N2O5/c1-18(16-27(32)33)29-26(31)15-12-19-10-13-20(14-11-19)30-28(34)35-17-25-23-8-4-2-6-21(23)22-7-3-5-9-24(22)25/h2-15,18,25H,16-17H2,1H3,(H,29,31)(H,30,34)(H,32,33)/b15-12+/t18-/m1/s1. The first-order chi connectivity index (χ1) is 16.9. The number of aliphatic carboxylic acids is 1. The maximum atomic E-state index is 12.4. The van der Waals surface area contributed by atoms with Crippen LogP contribution < -0.4 is 10.6 Å². The van der Waals surface area contributed by atoms with Crippen LogP contribution in [0.2, 0.25) is 0 Å². The Morgan fingerprint density at radius 1 is 0.943 bits per heavy atom. The van der Waals surface area contributed by atoms with Gasteiger partial charge in [-0.2, -0.15) is 0 Å². The second-order valence-corrected chi connectivity index (χ2v) is 8.41. The van der Waals surface area contributed by atoms with E-state index in [1.165, 1.54) is 17.2 Å². The van der Waals surface area contributed by atoms with Crippen LogP contribution in [0, 0.1) is 0 Å². The minimum absolute atomic E-state index is 0.00923. The van der Waals surface area contributed by atoms with Crippen LogP contribution in [0.25, 0.3) is 17.2 Å². The topological polar surface area (TPSA) is 105 Å². The molecule has 7 nitrogen and oxygen atoms in total. The van der Waals surface area contributed by atoms with Crippen molar-refractivity contribution in [3.8, 4) is 11.1 Å². The molecule has 1 atom stereocenters. The number of ether oxygens (including phenoxy) is 1. The van der Waals surface area contributed by atoms with E-state index < -0.39 is 18.1 Å². The van der Waals surface area contributed by atoms with Gasteiger partial charge in [0.15, 0.2) is 0 Å². The van der Waals surface area contributed by atoms with E-state index in [-0.39, 0.29) is 24.9 Å². The first-order valence-electron chi connectivity index (χ1n) is 11.3. The van der Waals surface area contributed by atoms with E-state index in [4.69, 9.17) is 9.84 Å². The molecule has 3 aromatic rings. The smallest absolute Gasteiger partial charge is 0.411 e. The lowest BCUT2D eigenvalue weighted by atomic mass is 9.98. The molecule has 0 fully saturated rings. The predicted molar refractivity (Wildman–Crippen MR) is 134 cm³/mol. The molecular formula is C28H26N2O5. The zero-order chi connectivity index (χ0) is 24.8. The third-order valence-electron chi connectivity index (χ3n) is 5.80. The van der Waals surface area contributed by atoms with Crippen LogP contribution in [0.5, 0.6) is 0 Å². The van der Waals surface area contributed by atoms with Crippen molar-refractivity contribution in [2.24, 2.45) is 0 Å². The van der Waals surface area contributed by atoms with Crippen molar-refractivity contribution >= 4 is 29.7 Å². The third kappa shape index (κ3) is 5.95. The molecule has 3 aromatic carbocycles. The van der Waals surface area contributed by atoms with Crippen LogP contribution in [0.1, 0.15) is 36.0 Å². The van der Waals surface area contributed by atoms with E-state index in [0.29, 0.717) is 5.69 Å². The lowest BCUT2D eigenvalue weighted by molar-refractivity contribution is -0.137. The second-order valence-electron chi connectivity index (χ2n) is 8.41. The van der Waals surface area contributed by atoms with Crippen molar-refractivity contribution < 1.29 is 24.2 Å². The molecule has 1 aliphatic rings. The normalized spacial score (nSPS) is 13.1. The highest BCUT2D eigenvalue weighted by atomic mass is 16.5. The van der Waals surface area contributed by atoms with Crippen LogP contribution in [-0.4, -0.2) is 35.7 Å². The third-order valence-corrected chi connectivity index (χ3v) is 5.80. The predicted octanol–water partition coefficient (Wildman–Crippen LogP) is 5.04. The van der Waals surface area contributed by atoms with Crippen LogP contribution in [0.15, 0.2) is 78.9 Å². The molecule has 3 N–H and O–H groups in total. The molecular weight excluding hydrogens is 444 g/mol. The molecule has 0 heterocycles. The Morgan fingerprint density at radius 2 is 1.54 bits per heavy atom. The van der Waals surface area contributed by atoms with Crippen LogP contribution in [-0.2, 0) is 14.3 Å². The Kier molecular flexibility index (Phi) is 7.26. The number of carboxylic acid groups (broad SMARTS) is 1. The van der Waals surface area contributed by atoms with E-state index in [2.05, 4.69) is 34.9 Å². The zero-order valence-electron chi connectivity index (χ0n) is 19.2. The zero-order valence-corrected chi connectivity index (χ0v) is 19.2. The Hall–Kier alpha value is -4.39. The molecule has 1 aliphatic carbocycles. The number of hydrogen-bond acceptors (Lipinski definition) is 4. The number of amides is 2. The van der Waals surface area contributed by atoms with Gasteiger partial charge in [0.05, 0.1) is 6.42 Å². The fourth-order valence-corrected chi connectivity index (χ4v) is 4.21. The largest absolute Gasteiger partial charge is 0.481 e. The number of benzene rings is 3. The highest BCUT2D eigenvalue weighted by molar-refractivity contribution is 5.92. The minimum atomic E-state index is -0.971. The number of carboxylic acids is 1. The monoisotopic (exact) mass is 470 g/mol. The SMILES string of the molecule is C[C@H](CC(=O)O)NC(=O)/C=C/c1ccc(NC(=O)OCC2c3ccccc3-c3ccccc32)cc1. The quantitative estimate of drug-likeness (QED) is 0.400. The average Bonchev–Trinajstić information content (AvgIpc) is 3.15. The maximum Gasteiger partial charge on any atom is 0.411 e. The van der Waals surface area contributed by atoms with Gasteiger partial charge in [0.25, 0.3) is 0 Å². The summed E-state index contributed by atoms with van der Waals surface area (Å²) in [5, 5.41) is 14.1. The van der Waals surface area contributed by atoms with Crippen LogP contribution in [0.3, 0.4) is 0 Å². The van der Waals surface area contributed by atoms with Crippen LogP contribution >= 0.6 is 0 Å². The summed E-state index contributed by atoms with van der Waals surface area (Å²) in [6.45, 7) is 1.86. The maximum absolute atomic E-state index is 12.4. The fourth-order valence-electron chi connectivity index (χ4n) is 4.21. The van der Waals surface area contributed by atoms with Gasteiger partial charge >= 0.3 is 12.1 Å². The van der Waals surface area contributed by atoms with Gasteiger partial charge in [0.2, 0.25) is 5.91 Å². The summed E-state index contributed by atoms with van der Waals surface area (Å²) >= 11 is 0. The Balaban J connectivity index is 1.30. The van der Waals surface area contributed by atoms with E-state index in [0.717, 1.165) is 16.7 Å². The molecule has 0 radical (unpaired) electrons. The molecule has 0 saturated heterocycles. The molecule has 35 heavy (non-hydrogen) atoms. The van der Waals surface area contributed by atoms with Crippen molar-refractivity contribution in [1.82, 2.24) is 5.32 Å². The van der Waals surface area contributed by atoms with Crippen molar-refractivity contribution in [1.29, 1.82) is 0 Å². The van der Waals surface area contributed by atoms with Gasteiger partial charge in [-0.15, -0.1) is 0 Å². The van der Waals surface area contributed by atoms with E-state index >= 15 is 0 Å². The Bertz CT molecular complexity index is 1220. The van der Waals surface area contributed by atoms with Gasteiger partial charge in [0, 0.05) is 23.7 Å². The Morgan fingerprint density at radius 3 is 2.14 bits per heavy atom. The first-order valence-corrected chi connectivity index (χ1v) is 11.3. The number of anilines is 1. The van der Waals surface area contributed by atoms with E-state index in [1.54, 1.807) is 37.3 Å². The van der Waals surface area contributed by atoms with Gasteiger partial charge in [0.1, 0.15) is 6.61 Å². The molecule has 4 rings (SSSR count). The summed E-state index contributed by atoms with van der Waals surface area (Å²) in [5.41, 5.74) is 5.97. The number of carbonyl (C=O) groups is 3. The van der Waals surface area contributed by atoms with Crippen molar-refractivity contribution in [3.05, 3.63) is 95.6 Å². The number of fused-ring (bicyclic) bond motifs is 3.